The number of carbonyl (C=O) groups excluding carboxylic acids is 1. The van der Waals surface area contributed by atoms with E-state index in [9.17, 15) is 27.9 Å². The number of rotatable bonds is 4. The first-order valence-corrected chi connectivity index (χ1v) is 8.25. The highest BCUT2D eigenvalue weighted by molar-refractivity contribution is 6.04. The molecule has 2 rings (SSSR count). The molecule has 8 heteroatoms. The molecule has 0 aromatic heterocycles. The fourth-order valence-electron chi connectivity index (χ4n) is 3.15. The molecular formula is C18H22F3NO4. The standard InChI is InChI=1S/C18H22F3NO4/c1-16(2,3)26-15(25)17(14(23)24)9-6-10-22(17)11-12-7-4-5-8-13(12)18(19,20)21/h4-5,7-8H,6,9-11H2,1-3H3,(H,23,24). The summed E-state index contributed by atoms with van der Waals surface area (Å²) in [5, 5.41) is 9.74. The zero-order chi connectivity index (χ0) is 19.8. The number of ether oxygens (including phenoxy) is 1. The summed E-state index contributed by atoms with van der Waals surface area (Å²) in [6.07, 6.45) is -4.20. The number of esters is 1. The molecule has 1 atom stereocenters. The molecule has 0 aliphatic carbocycles. The van der Waals surface area contributed by atoms with Crippen LogP contribution in [0, 0.1) is 0 Å². The Morgan fingerprint density at radius 2 is 1.85 bits per heavy atom. The van der Waals surface area contributed by atoms with Crippen molar-refractivity contribution >= 4 is 11.9 Å². The van der Waals surface area contributed by atoms with E-state index in [4.69, 9.17) is 4.74 Å². The van der Waals surface area contributed by atoms with Gasteiger partial charge in [-0.3, -0.25) is 4.90 Å². The van der Waals surface area contributed by atoms with E-state index < -0.39 is 34.8 Å². The number of carboxylic acid groups (broad SMARTS) is 1. The number of nitrogens with zero attached hydrogens (tertiary/aromatic N) is 1. The second kappa shape index (κ2) is 6.90. The number of carboxylic acids is 1. The van der Waals surface area contributed by atoms with Gasteiger partial charge in [0.15, 0.2) is 0 Å². The van der Waals surface area contributed by atoms with Crippen molar-refractivity contribution in [2.75, 3.05) is 6.54 Å². The van der Waals surface area contributed by atoms with Gasteiger partial charge in [0.05, 0.1) is 5.56 Å². The van der Waals surface area contributed by atoms with Crippen molar-refractivity contribution in [3.8, 4) is 0 Å². The molecule has 0 spiro atoms. The van der Waals surface area contributed by atoms with E-state index in [1.807, 2.05) is 0 Å². The average molecular weight is 373 g/mol. The van der Waals surface area contributed by atoms with Crippen LogP contribution in [0.25, 0.3) is 0 Å². The minimum Gasteiger partial charge on any atom is -0.479 e. The quantitative estimate of drug-likeness (QED) is 0.647. The summed E-state index contributed by atoms with van der Waals surface area (Å²) in [7, 11) is 0. The Bertz CT molecular complexity index is 696. The predicted octanol–water partition coefficient (Wildman–Crippen LogP) is 3.47. The lowest BCUT2D eigenvalue weighted by molar-refractivity contribution is -0.177. The van der Waals surface area contributed by atoms with E-state index in [1.54, 1.807) is 20.8 Å². The van der Waals surface area contributed by atoms with Crippen LogP contribution in [-0.2, 0) is 27.0 Å². The smallest absolute Gasteiger partial charge is 0.416 e. The van der Waals surface area contributed by atoms with Gasteiger partial charge >= 0.3 is 18.1 Å². The highest BCUT2D eigenvalue weighted by atomic mass is 19.4. The summed E-state index contributed by atoms with van der Waals surface area (Å²) < 4.78 is 45.0. The van der Waals surface area contributed by atoms with Gasteiger partial charge in [-0.2, -0.15) is 13.2 Å². The Hall–Kier alpha value is -2.09. The summed E-state index contributed by atoms with van der Waals surface area (Å²) in [5.41, 5.74) is -3.80. The van der Waals surface area contributed by atoms with Crippen molar-refractivity contribution in [1.82, 2.24) is 4.90 Å². The van der Waals surface area contributed by atoms with E-state index >= 15 is 0 Å². The number of hydrogen-bond acceptors (Lipinski definition) is 4. The van der Waals surface area contributed by atoms with Crippen molar-refractivity contribution < 1.29 is 32.6 Å². The fraction of sp³-hybridized carbons (Fsp3) is 0.556. The molecule has 0 amide bonds. The normalized spacial score (nSPS) is 21.6. The molecule has 1 unspecified atom stereocenters. The number of alkyl halides is 3. The highest BCUT2D eigenvalue weighted by Crippen LogP contribution is 2.37. The molecule has 1 heterocycles. The number of halogens is 3. The van der Waals surface area contributed by atoms with E-state index in [-0.39, 0.29) is 25.1 Å². The average Bonchev–Trinajstić information content (AvgIpc) is 2.89. The maximum Gasteiger partial charge on any atom is 0.416 e. The molecule has 1 aromatic carbocycles. The number of likely N-dealkylation sites (tertiary alicyclic amines) is 1. The molecule has 5 nitrogen and oxygen atoms in total. The monoisotopic (exact) mass is 373 g/mol. The third kappa shape index (κ3) is 4.00. The Kier molecular flexibility index (Phi) is 5.37. The minimum absolute atomic E-state index is 0.00850. The van der Waals surface area contributed by atoms with Crippen LogP contribution >= 0.6 is 0 Å². The zero-order valence-electron chi connectivity index (χ0n) is 14.9. The minimum atomic E-state index is -4.56. The van der Waals surface area contributed by atoms with Crippen LogP contribution in [0.5, 0.6) is 0 Å². The first-order chi connectivity index (χ1) is 11.9. The lowest BCUT2D eigenvalue weighted by Gasteiger charge is -2.35. The summed E-state index contributed by atoms with van der Waals surface area (Å²) in [6.45, 7) is 4.72. The molecule has 1 aliphatic rings. The van der Waals surface area contributed by atoms with E-state index in [2.05, 4.69) is 0 Å². The van der Waals surface area contributed by atoms with Gasteiger partial charge in [0, 0.05) is 13.1 Å². The van der Waals surface area contributed by atoms with Gasteiger partial charge in [-0.15, -0.1) is 0 Å². The van der Waals surface area contributed by atoms with Gasteiger partial charge in [-0.1, -0.05) is 18.2 Å². The topological polar surface area (TPSA) is 66.8 Å². The van der Waals surface area contributed by atoms with E-state index in [0.29, 0.717) is 6.42 Å². The largest absolute Gasteiger partial charge is 0.479 e. The van der Waals surface area contributed by atoms with Gasteiger partial charge in [0.2, 0.25) is 5.54 Å². The molecule has 144 valence electrons. The van der Waals surface area contributed by atoms with Crippen molar-refractivity contribution in [3.63, 3.8) is 0 Å². The van der Waals surface area contributed by atoms with Crippen LogP contribution in [0.4, 0.5) is 13.2 Å². The maximum atomic E-state index is 13.2. The molecule has 1 aromatic rings. The molecule has 26 heavy (non-hydrogen) atoms. The van der Waals surface area contributed by atoms with Crippen molar-refractivity contribution in [2.24, 2.45) is 0 Å². The third-order valence-electron chi connectivity index (χ3n) is 4.28. The SMILES string of the molecule is CC(C)(C)OC(=O)C1(C(=O)O)CCCN1Cc1ccccc1C(F)(F)F. The second-order valence-corrected chi connectivity index (χ2v) is 7.35. The van der Waals surface area contributed by atoms with Crippen LogP contribution < -0.4 is 0 Å². The Morgan fingerprint density at radius 1 is 1.23 bits per heavy atom. The van der Waals surface area contributed by atoms with Crippen LogP contribution in [-0.4, -0.2) is 39.6 Å². The second-order valence-electron chi connectivity index (χ2n) is 7.35. The summed E-state index contributed by atoms with van der Waals surface area (Å²) in [6, 6.07) is 4.97. The lowest BCUT2D eigenvalue weighted by atomic mass is 9.94. The van der Waals surface area contributed by atoms with E-state index in [0.717, 1.165) is 6.07 Å². The molecule has 1 fully saturated rings. The summed E-state index contributed by atoms with van der Waals surface area (Å²) in [4.78, 5) is 25.9. The number of aliphatic carboxylic acids is 1. The first-order valence-electron chi connectivity index (χ1n) is 8.25. The van der Waals surface area contributed by atoms with Gasteiger partial charge in [0.25, 0.3) is 0 Å². The fourth-order valence-corrected chi connectivity index (χ4v) is 3.15. The first kappa shape index (κ1) is 20.2. The van der Waals surface area contributed by atoms with Gasteiger partial charge in [-0.25, -0.2) is 9.59 Å². The van der Waals surface area contributed by atoms with Crippen LogP contribution in [0.1, 0.15) is 44.7 Å². The zero-order valence-corrected chi connectivity index (χ0v) is 14.9. The van der Waals surface area contributed by atoms with Crippen molar-refractivity contribution in [2.45, 2.75) is 57.5 Å². The molecule has 0 bridgehead atoms. The molecule has 1 N–H and O–H groups in total. The highest BCUT2D eigenvalue weighted by Gasteiger charge is 2.56. The molecule has 0 radical (unpaired) electrons. The molecule has 1 saturated heterocycles. The summed E-state index contributed by atoms with van der Waals surface area (Å²) in [5.74, 6) is -2.35. The summed E-state index contributed by atoms with van der Waals surface area (Å²) >= 11 is 0. The molecule has 1 aliphatic heterocycles. The van der Waals surface area contributed by atoms with Gasteiger partial charge in [0.1, 0.15) is 5.60 Å². The van der Waals surface area contributed by atoms with Gasteiger partial charge in [-0.05, 0) is 45.2 Å². The Morgan fingerprint density at radius 3 is 2.38 bits per heavy atom. The Balaban J connectivity index is 2.40. The number of benzene rings is 1. The Labute approximate surface area is 149 Å². The van der Waals surface area contributed by atoms with Crippen molar-refractivity contribution in [3.05, 3.63) is 35.4 Å². The molecule has 0 saturated carbocycles. The maximum absolute atomic E-state index is 13.2. The number of carbonyl (C=O) groups is 2. The van der Waals surface area contributed by atoms with Crippen LogP contribution in [0.2, 0.25) is 0 Å². The predicted molar refractivity (Wildman–Crippen MR) is 87.3 cm³/mol. The van der Waals surface area contributed by atoms with Crippen molar-refractivity contribution in [1.29, 1.82) is 0 Å². The van der Waals surface area contributed by atoms with E-state index in [1.165, 1.54) is 23.1 Å². The lowest BCUT2D eigenvalue weighted by Crippen LogP contribution is -2.58. The van der Waals surface area contributed by atoms with Gasteiger partial charge < -0.3 is 9.84 Å². The number of hydrogen-bond donors (Lipinski definition) is 1. The third-order valence-corrected chi connectivity index (χ3v) is 4.28. The van der Waals surface area contributed by atoms with Crippen LogP contribution in [0.3, 0.4) is 0 Å². The van der Waals surface area contributed by atoms with Crippen LogP contribution in [0.15, 0.2) is 24.3 Å². The molecular weight excluding hydrogens is 351 g/mol.